The molecule has 1 aliphatic heterocycles. The van der Waals surface area contributed by atoms with Gasteiger partial charge in [-0.25, -0.2) is 19.2 Å². The van der Waals surface area contributed by atoms with Gasteiger partial charge in [-0.15, -0.1) is 10.1 Å². The fourth-order valence-electron chi connectivity index (χ4n) is 9.12. The summed E-state index contributed by atoms with van der Waals surface area (Å²) < 4.78 is 200. The van der Waals surface area contributed by atoms with Crippen LogP contribution < -0.4 is 80.4 Å². The van der Waals surface area contributed by atoms with Crippen molar-refractivity contribution in [3.8, 4) is 36.0 Å². The van der Waals surface area contributed by atoms with Crippen molar-refractivity contribution in [3.63, 3.8) is 0 Å². The molecular formula is C85H87BrCl8F9IMgN9NaO23S3. The van der Waals surface area contributed by atoms with E-state index in [1.807, 2.05) is 53.9 Å². The molecule has 1 unspecified atom stereocenters. The number of aliphatic hydroxyl groups excluding tert-OH is 2. The van der Waals surface area contributed by atoms with Crippen LogP contribution in [0.25, 0.3) is 43.6 Å². The van der Waals surface area contributed by atoms with Crippen LogP contribution in [0, 0.1) is 46.0 Å². The number of aromatic nitrogens is 8. The standard InChI is InChI=1S/C10H10N2O2.C10H8N2O.C10H18O5.C9H8Cl2O2.C8H5Cl2F3O3S.C8H8N2O.C8H6N2O.C7H6Cl2O.C6H5Cl2NO.C4H8O.C2F6O5S2.C2H.CH4.BrH.HI.Mg.Na/c1-2-14-10(13)7-3-4-8-6-11-12-9(8)5-7;1-2-10(13)7-3-4-8-6-11-12-9(8)5-7;1-9(2,3)14-7(11)13-8(12)15-10(4,5)6;1-5-3-6(10)8(7(11)4-5)9(12)13-2;1-4-2-5(9)7(6(10)3-4)16-17(14,15)8(11,12)13;2*11-5-6-1-2-7-4-9-10-8(7)3-6;1-4-2-5(8)7(10)6(9)3-4;7-4-1-3(9)2-5(8)6(4)10;1-2-4-5-3-1;3-1(4,5)14(9,10)13-15(11,12)2(6,7)8;1-2;;;;;/h3-6H,2H2,1H3,(H,11,12);1,3-6,10,13H,(H,11,12);1-6H3;3-4H,1-2H3;2-3H,1H3;1-4,11H,5H2,(H,9,10);1-5H,(H,9,10);2-3,10H,1H3;1-2,10H,9H2;1-4H2;;1H;1H4;2*1H;;/q;;;;;;;;;;;-1;;;;+2;+1/p-2. The number of halogens is 19. The Balaban J connectivity index is -0.000000733. The van der Waals surface area contributed by atoms with Gasteiger partial charge in [0.15, 0.2) is 17.2 Å². The number of esters is 2. The zero-order chi connectivity index (χ0) is 104. The van der Waals surface area contributed by atoms with E-state index in [1.165, 1.54) is 44.2 Å². The number of anilines is 1. The Morgan fingerprint density at radius 3 is 1.25 bits per heavy atom. The van der Waals surface area contributed by atoms with Crippen LogP contribution in [0.2, 0.25) is 40.2 Å². The topological polar surface area (TPSA) is 483 Å². The number of rotatable bonds is 10. The number of nitrogens with zero attached hydrogens (tertiary/aromatic N) is 4. The number of hydrogen-bond donors (Lipinski definition) is 9. The van der Waals surface area contributed by atoms with Gasteiger partial charge >= 0.3 is 124 Å². The molecule has 1 fully saturated rings. The third kappa shape index (κ3) is 49.4. The molecule has 1 aliphatic rings. The van der Waals surface area contributed by atoms with Crippen molar-refractivity contribution < 1.29 is 216 Å². The number of nitrogens with one attached hydrogen (secondary N) is 4. The van der Waals surface area contributed by atoms with Crippen molar-refractivity contribution in [3.05, 3.63) is 237 Å². The molecule has 764 valence electrons. The average Bonchev–Trinajstić information content (AvgIpc) is 1.47. The van der Waals surface area contributed by atoms with E-state index in [0.717, 1.165) is 79.8 Å². The minimum Gasteiger partial charge on any atom is -1.00 e. The number of terminal acetylenes is 2. The molecule has 0 radical (unpaired) electrons. The first-order valence-corrected chi connectivity index (χ1v) is 44.7. The van der Waals surface area contributed by atoms with E-state index in [9.17, 15) is 93.8 Å². The molecule has 4 aromatic heterocycles. The number of methoxy groups -OCH3 is 1. The number of carbonyl (C=O) groups excluding carboxylic acids is 5. The Morgan fingerprint density at radius 1 is 0.553 bits per heavy atom. The summed E-state index contributed by atoms with van der Waals surface area (Å²) in [5, 5.41) is 67.9. The number of carbonyl (C=O) groups is 5. The Hall–Kier alpha value is -8.33. The second kappa shape index (κ2) is 64.5. The number of aliphatic hydroxyl groups is 2. The average molecular weight is 2410 g/mol. The molecule has 1 atom stereocenters. The predicted octanol–water partition coefficient (Wildman–Crippen LogP) is 13.2. The van der Waals surface area contributed by atoms with Crippen molar-refractivity contribution in [1.82, 2.24) is 40.8 Å². The van der Waals surface area contributed by atoms with E-state index < -0.39 is 88.2 Å². The minimum absolute atomic E-state index is 0. The Morgan fingerprint density at radius 2 is 0.901 bits per heavy atom. The fraction of sp³-hybridized carbons (Fsp3) is 0.282. The second-order valence-corrected chi connectivity index (χ2v) is 36.3. The quantitative estimate of drug-likeness (QED) is 0.00490. The van der Waals surface area contributed by atoms with Gasteiger partial charge in [0.1, 0.15) is 23.6 Å². The van der Waals surface area contributed by atoms with E-state index in [0.29, 0.717) is 54.6 Å². The maximum absolute atomic E-state index is 12.1. The zero-order valence-corrected chi connectivity index (χ0v) is 90.6. The van der Waals surface area contributed by atoms with Gasteiger partial charge < -0.3 is 113 Å². The molecule has 0 bridgehead atoms. The molecule has 32 nitrogen and oxygen atoms in total. The maximum Gasteiger partial charge on any atom is 2.00 e. The predicted molar refractivity (Wildman–Crippen MR) is 505 cm³/mol. The SMILES string of the molecule is C.C#CC(O)c1ccc2cn[nH]c2c1.C1CCOC1.CC(C)(C)OC(=O)OC(=O)OC(C)(C)C.CCOC(=O)c1ccc2cn[nH]c2c1.COC(=O)c1c(Cl)cc(C)cc1Cl.Cc1cc(Cl)c(O)c(Cl)c1.Cc1cc(Cl)c(OS(=O)(=O)C(F)(F)F)c(Cl)c1.Nc1cc(Cl)c(O)c(Cl)c1.O=Cc1ccc2cn[nH]c2c1.O=S(=O)(OS(=O)(=O)C(F)(F)F)C(F)(F)F.OCc1ccc2cn[nH]c2c1.[Br-].[C-]#C.[I-].[Mg+2].[Na+]. The summed E-state index contributed by atoms with van der Waals surface area (Å²) in [7, 11) is -18.2. The number of nitrogen functional groups attached to an aromatic ring is 1. The van der Waals surface area contributed by atoms with Crippen molar-refractivity contribution >= 4 is 226 Å². The summed E-state index contributed by atoms with van der Waals surface area (Å²) in [5.41, 5.74) is -4.63. The van der Waals surface area contributed by atoms with Crippen LogP contribution in [-0.4, -0.2) is 195 Å². The van der Waals surface area contributed by atoms with Gasteiger partial charge in [-0.1, -0.05) is 149 Å². The van der Waals surface area contributed by atoms with E-state index >= 15 is 0 Å². The van der Waals surface area contributed by atoms with Crippen molar-refractivity contribution in [2.24, 2.45) is 0 Å². The Labute approximate surface area is 909 Å². The van der Waals surface area contributed by atoms with Crippen LogP contribution in [0.15, 0.2) is 146 Å². The van der Waals surface area contributed by atoms with Crippen molar-refractivity contribution in [2.45, 2.75) is 130 Å². The number of hydrogen-bond acceptors (Lipinski definition) is 28. The van der Waals surface area contributed by atoms with Gasteiger partial charge in [-0.2, -0.15) is 85.2 Å². The first-order valence-electron chi connectivity index (χ1n) is 37.5. The summed E-state index contributed by atoms with van der Waals surface area (Å²) >= 11 is 44.9. The number of phenols is 2. The molecule has 0 spiro atoms. The molecule has 0 amide bonds. The summed E-state index contributed by atoms with van der Waals surface area (Å²) in [5.74, 6) is 0.525. The van der Waals surface area contributed by atoms with E-state index in [-0.39, 0.29) is 151 Å². The molecule has 0 saturated carbocycles. The van der Waals surface area contributed by atoms with Gasteiger partial charge in [0.25, 0.3) is 0 Å². The number of alkyl halides is 9. The smallest absolute Gasteiger partial charge is 1.00 e. The summed E-state index contributed by atoms with van der Waals surface area (Å²) in [6, 6.07) is 33.9. The van der Waals surface area contributed by atoms with Crippen LogP contribution in [-0.2, 0) is 69.0 Å². The van der Waals surface area contributed by atoms with E-state index in [1.54, 1.807) is 141 Å². The molecule has 12 aromatic rings. The first kappa shape index (κ1) is 139. The zero-order valence-electron chi connectivity index (χ0n) is 74.9. The fourth-order valence-corrected chi connectivity index (χ4v) is 13.8. The number of ether oxygens (including phenoxy) is 6. The summed E-state index contributed by atoms with van der Waals surface area (Å²) in [6.45, 7) is 19.6. The minimum atomic E-state index is -6.85. The monoisotopic (exact) mass is 2400 g/mol. The Bertz CT molecular complexity index is 6260. The molecule has 8 aromatic carbocycles. The van der Waals surface area contributed by atoms with Gasteiger partial charge in [-0.05, 0) is 189 Å². The normalized spacial score (nSPS) is 11.4. The summed E-state index contributed by atoms with van der Waals surface area (Å²) in [4.78, 5) is 54.9. The third-order valence-corrected chi connectivity index (χ3v) is 20.9. The van der Waals surface area contributed by atoms with Crippen LogP contribution >= 0.6 is 92.8 Å². The molecule has 56 heteroatoms. The van der Waals surface area contributed by atoms with Gasteiger partial charge in [0.05, 0.1) is 118 Å². The first-order chi connectivity index (χ1) is 62.9. The molecule has 1 saturated heterocycles. The number of benzene rings is 8. The number of aromatic amines is 4. The number of nitrogens with two attached hydrogens (primary N) is 1. The van der Waals surface area contributed by atoms with Crippen molar-refractivity contribution in [2.75, 3.05) is 32.7 Å². The van der Waals surface area contributed by atoms with E-state index in [4.69, 9.17) is 146 Å². The third-order valence-electron chi connectivity index (χ3n) is 15.1. The van der Waals surface area contributed by atoms with Crippen LogP contribution in [0.1, 0.15) is 134 Å². The van der Waals surface area contributed by atoms with Gasteiger partial charge in [-0.3, -0.25) is 25.2 Å². The number of phenolic OH excluding ortho intramolecular Hbond substituents is 2. The molecule has 13 rings (SSSR count). The molecule has 5 heterocycles. The number of aryl methyl sites for hydroxylation is 3. The Kier molecular flexibility index (Phi) is 63.6. The van der Waals surface area contributed by atoms with Crippen LogP contribution in [0.5, 0.6) is 17.2 Å². The number of aldehydes is 1. The van der Waals surface area contributed by atoms with Crippen LogP contribution in [0.3, 0.4) is 0 Å². The number of aromatic hydroxyl groups is 2. The molecule has 10 N–H and O–H groups in total. The largest absolute Gasteiger partial charge is 2.00 e. The van der Waals surface area contributed by atoms with E-state index in [2.05, 4.69) is 66.8 Å². The number of fused-ring (bicyclic) bond motifs is 4. The number of H-pyrrole nitrogens is 4. The molecule has 0 aliphatic carbocycles. The van der Waals surface area contributed by atoms with Crippen LogP contribution in [0.4, 0.5) is 54.8 Å². The van der Waals surface area contributed by atoms with Gasteiger partial charge in [0, 0.05) is 46.0 Å². The molecule has 141 heavy (non-hydrogen) atoms. The van der Waals surface area contributed by atoms with Gasteiger partial charge in [0.2, 0.25) is 0 Å². The maximum atomic E-state index is 12.1. The second-order valence-electron chi connectivity index (χ2n) is 28.2. The van der Waals surface area contributed by atoms with Crippen molar-refractivity contribution in [1.29, 1.82) is 0 Å². The molecular weight excluding hydrogens is 2320 g/mol. The summed E-state index contributed by atoms with van der Waals surface area (Å²) in [6.07, 6.45) is 21.4.